The first-order valence-corrected chi connectivity index (χ1v) is 9.95. The van der Waals surface area contributed by atoms with E-state index in [0.717, 1.165) is 17.2 Å². The van der Waals surface area contributed by atoms with Gasteiger partial charge in [0.15, 0.2) is 11.0 Å². The molecule has 0 aliphatic rings. The van der Waals surface area contributed by atoms with Gasteiger partial charge in [0.2, 0.25) is 5.91 Å². The molecule has 6 nitrogen and oxygen atoms in total. The van der Waals surface area contributed by atoms with E-state index in [0.29, 0.717) is 18.2 Å². The summed E-state index contributed by atoms with van der Waals surface area (Å²) in [6, 6.07) is 17.6. The number of hydrogen-bond donors (Lipinski definition) is 2. The van der Waals surface area contributed by atoms with Crippen molar-refractivity contribution in [3.05, 3.63) is 78.6 Å². The van der Waals surface area contributed by atoms with E-state index < -0.39 is 0 Å². The van der Waals surface area contributed by atoms with E-state index in [1.165, 1.54) is 17.3 Å². The number of nitrogens with zero attached hydrogens (tertiary/aromatic N) is 3. The standard InChI is InChI=1S/C21H23N5OS/c1-3-13-26-19(14-22-17-11-9-16(2)10-12-17)24-25-21(26)28-15-20(27)23-18-7-5-4-6-8-18/h3-12,22H,1,13-15H2,2H3,(H,23,27). The van der Waals surface area contributed by atoms with Crippen molar-refractivity contribution >= 4 is 29.0 Å². The monoisotopic (exact) mass is 393 g/mol. The molecule has 1 aromatic heterocycles. The number of nitrogens with one attached hydrogen (secondary N) is 2. The SMILES string of the molecule is C=CCn1c(CNc2ccc(C)cc2)nnc1SCC(=O)Nc1ccccc1. The van der Waals surface area contributed by atoms with Crippen LogP contribution in [0.3, 0.4) is 0 Å². The topological polar surface area (TPSA) is 71.8 Å². The number of anilines is 2. The average molecular weight is 394 g/mol. The minimum Gasteiger partial charge on any atom is -0.378 e. The molecule has 0 unspecified atom stereocenters. The largest absolute Gasteiger partial charge is 0.378 e. The van der Waals surface area contributed by atoms with E-state index in [-0.39, 0.29) is 11.7 Å². The van der Waals surface area contributed by atoms with Gasteiger partial charge in [-0.1, -0.05) is 53.7 Å². The quantitative estimate of drug-likeness (QED) is 0.423. The van der Waals surface area contributed by atoms with Crippen molar-refractivity contribution in [1.82, 2.24) is 14.8 Å². The van der Waals surface area contributed by atoms with Crippen molar-refractivity contribution < 1.29 is 4.79 Å². The van der Waals surface area contributed by atoms with Crippen LogP contribution < -0.4 is 10.6 Å². The zero-order valence-corrected chi connectivity index (χ0v) is 16.6. The number of allylic oxidation sites excluding steroid dienone is 1. The Labute approximate surface area is 169 Å². The van der Waals surface area contributed by atoms with E-state index in [2.05, 4.69) is 46.5 Å². The molecule has 3 rings (SSSR count). The maximum absolute atomic E-state index is 12.2. The summed E-state index contributed by atoms with van der Waals surface area (Å²) in [5.41, 5.74) is 3.02. The van der Waals surface area contributed by atoms with Crippen LogP contribution in [0.1, 0.15) is 11.4 Å². The van der Waals surface area contributed by atoms with Gasteiger partial charge in [-0.25, -0.2) is 0 Å². The highest BCUT2D eigenvalue weighted by atomic mass is 32.2. The van der Waals surface area contributed by atoms with Gasteiger partial charge in [-0.15, -0.1) is 16.8 Å². The molecule has 0 bridgehead atoms. The predicted octanol–water partition coefficient (Wildman–Crippen LogP) is 4.12. The Morgan fingerprint density at radius 2 is 1.86 bits per heavy atom. The van der Waals surface area contributed by atoms with Crippen molar-refractivity contribution in [1.29, 1.82) is 0 Å². The first-order valence-electron chi connectivity index (χ1n) is 8.97. The Kier molecular flexibility index (Phi) is 6.86. The van der Waals surface area contributed by atoms with Crippen LogP contribution in [-0.2, 0) is 17.9 Å². The summed E-state index contributed by atoms with van der Waals surface area (Å²) < 4.78 is 1.97. The summed E-state index contributed by atoms with van der Waals surface area (Å²) in [4.78, 5) is 12.2. The number of carbonyl (C=O) groups is 1. The molecule has 1 heterocycles. The molecular weight excluding hydrogens is 370 g/mol. The fraction of sp³-hybridized carbons (Fsp3) is 0.190. The van der Waals surface area contributed by atoms with Gasteiger partial charge in [-0.2, -0.15) is 0 Å². The normalized spacial score (nSPS) is 10.5. The second-order valence-electron chi connectivity index (χ2n) is 6.22. The van der Waals surface area contributed by atoms with Crippen molar-refractivity contribution in [3.8, 4) is 0 Å². The molecule has 0 radical (unpaired) electrons. The first kappa shape index (κ1) is 19.7. The summed E-state index contributed by atoms with van der Waals surface area (Å²) in [6.07, 6.45) is 1.80. The highest BCUT2D eigenvalue weighted by Crippen LogP contribution is 2.19. The summed E-state index contributed by atoms with van der Waals surface area (Å²) in [5.74, 6) is 0.977. The predicted molar refractivity (Wildman–Crippen MR) is 115 cm³/mol. The molecule has 0 aliphatic heterocycles. The lowest BCUT2D eigenvalue weighted by Crippen LogP contribution is -2.15. The number of hydrogen-bond acceptors (Lipinski definition) is 5. The molecule has 2 N–H and O–H groups in total. The van der Waals surface area contributed by atoms with Crippen LogP contribution in [0.5, 0.6) is 0 Å². The van der Waals surface area contributed by atoms with Gasteiger partial charge in [0.05, 0.1) is 12.3 Å². The lowest BCUT2D eigenvalue weighted by Gasteiger charge is -2.10. The molecule has 0 atom stereocenters. The summed E-state index contributed by atoms with van der Waals surface area (Å²) >= 11 is 1.36. The van der Waals surface area contributed by atoms with Crippen LogP contribution >= 0.6 is 11.8 Å². The van der Waals surface area contributed by atoms with Crippen LogP contribution in [0.25, 0.3) is 0 Å². The lowest BCUT2D eigenvalue weighted by molar-refractivity contribution is -0.113. The molecule has 0 saturated carbocycles. The number of amides is 1. The molecule has 0 saturated heterocycles. The van der Waals surface area contributed by atoms with E-state index in [1.807, 2.05) is 47.0 Å². The van der Waals surface area contributed by atoms with Gasteiger partial charge in [0.1, 0.15) is 0 Å². The van der Waals surface area contributed by atoms with Gasteiger partial charge in [-0.3, -0.25) is 4.79 Å². The molecule has 0 spiro atoms. The molecule has 0 fully saturated rings. The minimum absolute atomic E-state index is 0.0799. The van der Waals surface area contributed by atoms with Gasteiger partial charge >= 0.3 is 0 Å². The second kappa shape index (κ2) is 9.75. The molecule has 1 amide bonds. The fourth-order valence-corrected chi connectivity index (χ4v) is 3.34. The maximum atomic E-state index is 12.2. The van der Waals surface area contributed by atoms with Crippen LogP contribution in [0.2, 0.25) is 0 Å². The highest BCUT2D eigenvalue weighted by molar-refractivity contribution is 7.99. The Morgan fingerprint density at radius 1 is 1.11 bits per heavy atom. The summed E-state index contributed by atoms with van der Waals surface area (Å²) in [7, 11) is 0. The average Bonchev–Trinajstić information content (AvgIpc) is 3.09. The van der Waals surface area contributed by atoms with Crippen LogP contribution in [0, 0.1) is 6.92 Å². The Morgan fingerprint density at radius 3 is 2.57 bits per heavy atom. The Bertz CT molecular complexity index is 922. The highest BCUT2D eigenvalue weighted by Gasteiger charge is 2.13. The van der Waals surface area contributed by atoms with E-state index in [4.69, 9.17) is 0 Å². The molecular formula is C21H23N5OS. The number of aryl methyl sites for hydroxylation is 1. The third-order valence-electron chi connectivity index (χ3n) is 4.00. The van der Waals surface area contributed by atoms with E-state index in [9.17, 15) is 4.79 Å². The molecule has 0 aliphatic carbocycles. The Balaban J connectivity index is 1.60. The van der Waals surface area contributed by atoms with Gasteiger partial charge < -0.3 is 15.2 Å². The van der Waals surface area contributed by atoms with E-state index in [1.54, 1.807) is 6.08 Å². The van der Waals surface area contributed by atoms with Crippen LogP contribution in [0.4, 0.5) is 11.4 Å². The van der Waals surface area contributed by atoms with E-state index >= 15 is 0 Å². The minimum atomic E-state index is -0.0799. The zero-order valence-electron chi connectivity index (χ0n) is 15.8. The smallest absolute Gasteiger partial charge is 0.234 e. The number of thioether (sulfide) groups is 1. The molecule has 28 heavy (non-hydrogen) atoms. The fourth-order valence-electron chi connectivity index (χ4n) is 2.57. The van der Waals surface area contributed by atoms with Crippen LogP contribution in [-0.4, -0.2) is 26.4 Å². The lowest BCUT2D eigenvalue weighted by atomic mass is 10.2. The number of benzene rings is 2. The zero-order chi connectivity index (χ0) is 19.8. The van der Waals surface area contributed by atoms with Crippen molar-refractivity contribution in [3.63, 3.8) is 0 Å². The second-order valence-corrected chi connectivity index (χ2v) is 7.16. The molecule has 3 aromatic rings. The number of aromatic nitrogens is 3. The maximum Gasteiger partial charge on any atom is 0.234 e. The third kappa shape index (κ3) is 5.47. The first-order chi connectivity index (χ1) is 13.7. The summed E-state index contributed by atoms with van der Waals surface area (Å²) in [6.45, 7) is 7.00. The van der Waals surface area contributed by atoms with Crippen LogP contribution in [0.15, 0.2) is 72.4 Å². The summed E-state index contributed by atoms with van der Waals surface area (Å²) in [5, 5.41) is 15.4. The van der Waals surface area contributed by atoms with Crippen molar-refractivity contribution in [2.75, 3.05) is 16.4 Å². The van der Waals surface area contributed by atoms with Gasteiger partial charge in [0, 0.05) is 17.9 Å². The van der Waals surface area contributed by atoms with Crippen molar-refractivity contribution in [2.45, 2.75) is 25.2 Å². The van der Waals surface area contributed by atoms with Gasteiger partial charge in [-0.05, 0) is 31.2 Å². The third-order valence-corrected chi connectivity index (χ3v) is 4.96. The molecule has 7 heteroatoms. The Hall–Kier alpha value is -3.06. The molecule has 144 valence electrons. The van der Waals surface area contributed by atoms with Gasteiger partial charge in [0.25, 0.3) is 0 Å². The number of carbonyl (C=O) groups excluding carboxylic acids is 1. The number of rotatable bonds is 9. The molecule has 2 aromatic carbocycles. The number of para-hydroxylation sites is 1. The van der Waals surface area contributed by atoms with Crippen molar-refractivity contribution in [2.24, 2.45) is 0 Å².